The molecule has 1 atom stereocenters. The molecule has 0 saturated carbocycles. The second-order valence-electron chi connectivity index (χ2n) is 2.67. The minimum absolute atomic E-state index is 0.210. The van der Waals surface area contributed by atoms with E-state index in [2.05, 4.69) is 5.32 Å². The average molecular weight is 190 g/mol. The summed E-state index contributed by atoms with van der Waals surface area (Å²) in [6.07, 6.45) is -0.230. The van der Waals surface area contributed by atoms with E-state index in [4.69, 9.17) is 15.6 Å². The zero-order chi connectivity index (χ0) is 10.1. The number of aliphatic hydroxyl groups excluding tert-OH is 1. The van der Waals surface area contributed by atoms with Gasteiger partial charge in [-0.15, -0.1) is 0 Å². The number of carbonyl (C=O) groups excluding carboxylic acids is 1. The van der Waals surface area contributed by atoms with Crippen molar-refractivity contribution < 1.29 is 14.6 Å². The predicted molar refractivity (Wildman–Crippen MR) is 49.2 cm³/mol. The Morgan fingerprint density at radius 1 is 1.69 bits per heavy atom. The van der Waals surface area contributed by atoms with Crippen LogP contribution in [0.1, 0.15) is 13.3 Å². The first-order valence-corrected chi connectivity index (χ1v) is 4.44. The third-order valence-electron chi connectivity index (χ3n) is 1.51. The van der Waals surface area contributed by atoms with Crippen molar-refractivity contribution in [2.24, 2.45) is 5.73 Å². The maximum atomic E-state index is 10.4. The van der Waals surface area contributed by atoms with Gasteiger partial charge in [0.2, 0.25) is 5.91 Å². The van der Waals surface area contributed by atoms with E-state index in [1.165, 1.54) is 0 Å². The molecular weight excluding hydrogens is 172 g/mol. The third-order valence-corrected chi connectivity index (χ3v) is 1.51. The molecule has 0 spiro atoms. The maximum absolute atomic E-state index is 10.4. The lowest BCUT2D eigenvalue weighted by Gasteiger charge is -2.07. The molecule has 0 aromatic rings. The predicted octanol–water partition coefficient (Wildman–Crippen LogP) is -1.15. The molecule has 0 aliphatic heterocycles. The van der Waals surface area contributed by atoms with Crippen molar-refractivity contribution in [3.8, 4) is 0 Å². The van der Waals surface area contributed by atoms with Gasteiger partial charge in [0.15, 0.2) is 0 Å². The highest BCUT2D eigenvalue weighted by molar-refractivity contribution is 5.78. The number of amides is 1. The molecule has 5 nitrogen and oxygen atoms in total. The van der Waals surface area contributed by atoms with E-state index in [1.54, 1.807) is 0 Å². The second-order valence-corrected chi connectivity index (χ2v) is 2.67. The van der Waals surface area contributed by atoms with Crippen molar-refractivity contribution in [1.82, 2.24) is 5.32 Å². The molecular formula is C8H18N2O3. The molecule has 0 radical (unpaired) electrons. The molecule has 1 amide bonds. The van der Waals surface area contributed by atoms with Gasteiger partial charge in [-0.25, -0.2) is 0 Å². The molecule has 0 fully saturated rings. The van der Waals surface area contributed by atoms with E-state index in [0.29, 0.717) is 19.8 Å². The zero-order valence-corrected chi connectivity index (χ0v) is 7.95. The van der Waals surface area contributed by atoms with Gasteiger partial charge in [-0.05, 0) is 19.9 Å². The van der Waals surface area contributed by atoms with Gasteiger partial charge in [0.25, 0.3) is 0 Å². The molecule has 0 heterocycles. The molecule has 5 heteroatoms. The summed E-state index contributed by atoms with van der Waals surface area (Å²) in [5.74, 6) is -0.697. The van der Waals surface area contributed by atoms with Gasteiger partial charge in [-0.2, -0.15) is 0 Å². The first-order valence-electron chi connectivity index (χ1n) is 4.44. The number of nitrogens with two attached hydrogens (primary N) is 1. The van der Waals surface area contributed by atoms with Crippen LogP contribution < -0.4 is 11.1 Å². The van der Waals surface area contributed by atoms with Crippen LogP contribution >= 0.6 is 0 Å². The van der Waals surface area contributed by atoms with Gasteiger partial charge in [0.1, 0.15) is 6.10 Å². The minimum atomic E-state index is -1.09. The van der Waals surface area contributed by atoms with E-state index >= 15 is 0 Å². The molecule has 4 N–H and O–H groups in total. The summed E-state index contributed by atoms with van der Waals surface area (Å²) >= 11 is 0. The Labute approximate surface area is 78.3 Å². The van der Waals surface area contributed by atoms with Crippen LogP contribution in [0.15, 0.2) is 0 Å². The summed E-state index contributed by atoms with van der Waals surface area (Å²) in [6.45, 7) is 4.26. The van der Waals surface area contributed by atoms with Crippen molar-refractivity contribution in [2.45, 2.75) is 19.4 Å². The number of hydrogen-bond donors (Lipinski definition) is 3. The van der Waals surface area contributed by atoms with E-state index in [9.17, 15) is 4.79 Å². The van der Waals surface area contributed by atoms with Crippen molar-refractivity contribution in [3.63, 3.8) is 0 Å². The summed E-state index contributed by atoms with van der Waals surface area (Å²) in [6, 6.07) is 0. The molecule has 0 aromatic heterocycles. The van der Waals surface area contributed by atoms with Crippen molar-refractivity contribution in [3.05, 3.63) is 0 Å². The molecule has 0 aliphatic carbocycles. The number of rotatable bonds is 8. The minimum Gasteiger partial charge on any atom is -0.382 e. The number of ether oxygens (including phenoxy) is 1. The SMILES string of the molecule is CCOCCCNCC(O)C(N)=O. The van der Waals surface area contributed by atoms with E-state index in [0.717, 1.165) is 6.42 Å². The first kappa shape index (κ1) is 12.3. The van der Waals surface area contributed by atoms with E-state index < -0.39 is 12.0 Å². The lowest BCUT2D eigenvalue weighted by Crippen LogP contribution is -2.38. The molecule has 78 valence electrons. The van der Waals surface area contributed by atoms with Gasteiger partial charge in [-0.1, -0.05) is 0 Å². The Balaban J connectivity index is 3.11. The van der Waals surface area contributed by atoms with Gasteiger partial charge < -0.3 is 20.9 Å². The Bertz CT molecular complexity index is 141. The third kappa shape index (κ3) is 7.70. The number of hydrogen-bond acceptors (Lipinski definition) is 4. The van der Waals surface area contributed by atoms with Crippen molar-refractivity contribution in [2.75, 3.05) is 26.3 Å². The largest absolute Gasteiger partial charge is 0.382 e. The van der Waals surface area contributed by atoms with Crippen LogP contribution in [-0.2, 0) is 9.53 Å². The number of aliphatic hydroxyl groups is 1. The van der Waals surface area contributed by atoms with Crippen LogP contribution in [0, 0.1) is 0 Å². The molecule has 0 aliphatic rings. The molecule has 1 unspecified atom stereocenters. The fourth-order valence-corrected chi connectivity index (χ4v) is 0.783. The highest BCUT2D eigenvalue weighted by Gasteiger charge is 2.08. The van der Waals surface area contributed by atoms with Crippen LogP contribution in [-0.4, -0.2) is 43.4 Å². The van der Waals surface area contributed by atoms with Gasteiger partial charge >= 0.3 is 0 Å². The van der Waals surface area contributed by atoms with Gasteiger partial charge in [-0.3, -0.25) is 4.79 Å². The fraction of sp³-hybridized carbons (Fsp3) is 0.875. The lowest BCUT2D eigenvalue weighted by molar-refractivity contribution is -0.125. The topological polar surface area (TPSA) is 84.6 Å². The van der Waals surface area contributed by atoms with Crippen molar-refractivity contribution in [1.29, 1.82) is 0 Å². The zero-order valence-electron chi connectivity index (χ0n) is 7.95. The quantitative estimate of drug-likeness (QED) is 0.422. The summed E-state index contributed by atoms with van der Waals surface area (Å²) < 4.78 is 5.09. The second kappa shape index (κ2) is 7.97. The summed E-state index contributed by atoms with van der Waals surface area (Å²) in [5, 5.41) is 11.9. The number of primary amides is 1. The lowest BCUT2D eigenvalue weighted by atomic mass is 10.3. The molecule has 0 aromatic carbocycles. The van der Waals surface area contributed by atoms with Crippen LogP contribution in [0.3, 0.4) is 0 Å². The molecule has 13 heavy (non-hydrogen) atoms. The highest BCUT2D eigenvalue weighted by atomic mass is 16.5. The smallest absolute Gasteiger partial charge is 0.247 e. The fourth-order valence-electron chi connectivity index (χ4n) is 0.783. The number of carbonyl (C=O) groups is 1. The molecule has 0 saturated heterocycles. The number of nitrogens with one attached hydrogen (secondary N) is 1. The summed E-state index contributed by atoms with van der Waals surface area (Å²) in [7, 11) is 0. The van der Waals surface area contributed by atoms with Crippen LogP contribution in [0.25, 0.3) is 0 Å². The Hall–Kier alpha value is -0.650. The Morgan fingerprint density at radius 3 is 2.92 bits per heavy atom. The van der Waals surface area contributed by atoms with Crippen molar-refractivity contribution >= 4 is 5.91 Å². The standard InChI is InChI=1S/C8H18N2O3/c1-2-13-5-3-4-10-6-7(11)8(9)12/h7,10-11H,2-6H2,1H3,(H2,9,12). The summed E-state index contributed by atoms with van der Waals surface area (Å²) in [4.78, 5) is 10.4. The first-order chi connectivity index (χ1) is 6.18. The van der Waals surface area contributed by atoms with E-state index in [-0.39, 0.29) is 6.54 Å². The summed E-state index contributed by atoms with van der Waals surface area (Å²) in [5.41, 5.74) is 4.84. The maximum Gasteiger partial charge on any atom is 0.247 e. The van der Waals surface area contributed by atoms with Crippen LogP contribution in [0.4, 0.5) is 0 Å². The van der Waals surface area contributed by atoms with Gasteiger partial charge in [0.05, 0.1) is 0 Å². The Kier molecular flexibility index (Phi) is 7.57. The average Bonchev–Trinajstić information content (AvgIpc) is 2.10. The highest BCUT2D eigenvalue weighted by Crippen LogP contribution is 1.81. The van der Waals surface area contributed by atoms with E-state index in [1.807, 2.05) is 6.92 Å². The van der Waals surface area contributed by atoms with Crippen LogP contribution in [0.2, 0.25) is 0 Å². The molecule has 0 rings (SSSR count). The Morgan fingerprint density at radius 2 is 2.38 bits per heavy atom. The molecule has 0 bridgehead atoms. The monoisotopic (exact) mass is 190 g/mol. The normalized spacial score (nSPS) is 12.8. The van der Waals surface area contributed by atoms with Crippen LogP contribution in [0.5, 0.6) is 0 Å². The van der Waals surface area contributed by atoms with Gasteiger partial charge in [0, 0.05) is 19.8 Å².